The molecular formula is C7H13NO3. The second-order valence-corrected chi connectivity index (χ2v) is 2.42. The Morgan fingerprint density at radius 3 is 2.64 bits per heavy atom. The van der Waals surface area contributed by atoms with Gasteiger partial charge in [-0.15, -0.1) is 0 Å². The lowest BCUT2D eigenvalue weighted by atomic mass is 10.2. The Balaban J connectivity index is 3.82. The van der Waals surface area contributed by atoms with Crippen LogP contribution in [0.2, 0.25) is 0 Å². The van der Waals surface area contributed by atoms with Gasteiger partial charge in [0.15, 0.2) is 0 Å². The quantitative estimate of drug-likeness (QED) is 0.497. The number of aliphatic hydroxyl groups excluding tert-OH is 1. The van der Waals surface area contributed by atoms with Gasteiger partial charge >= 0.3 is 0 Å². The standard InChI is InChI=1S/C7H13NO3/c1-3-7(8(10)11)5-4-6(2)9/h3,6,9H,4-5H2,1-2H3/b7-3-. The first-order valence-electron chi connectivity index (χ1n) is 3.55. The van der Waals surface area contributed by atoms with Crippen LogP contribution < -0.4 is 0 Å². The van der Waals surface area contributed by atoms with E-state index in [0.29, 0.717) is 12.8 Å². The number of rotatable bonds is 4. The molecule has 0 spiro atoms. The van der Waals surface area contributed by atoms with E-state index in [2.05, 4.69) is 0 Å². The minimum absolute atomic E-state index is 0.172. The predicted octanol–water partition coefficient (Wildman–Crippen LogP) is 1.33. The van der Waals surface area contributed by atoms with E-state index in [0.717, 1.165) is 0 Å². The fourth-order valence-corrected chi connectivity index (χ4v) is 0.698. The summed E-state index contributed by atoms with van der Waals surface area (Å²) in [4.78, 5) is 9.78. The number of hydrogen-bond acceptors (Lipinski definition) is 3. The zero-order valence-electron chi connectivity index (χ0n) is 6.78. The molecular weight excluding hydrogens is 146 g/mol. The van der Waals surface area contributed by atoms with Crippen molar-refractivity contribution in [2.75, 3.05) is 0 Å². The molecule has 4 heteroatoms. The average molecular weight is 159 g/mol. The molecule has 11 heavy (non-hydrogen) atoms. The van der Waals surface area contributed by atoms with Crippen molar-refractivity contribution in [2.24, 2.45) is 0 Å². The van der Waals surface area contributed by atoms with Gasteiger partial charge in [-0.2, -0.15) is 0 Å². The van der Waals surface area contributed by atoms with Crippen LogP contribution in [0.15, 0.2) is 11.8 Å². The first kappa shape index (κ1) is 10.1. The summed E-state index contributed by atoms with van der Waals surface area (Å²) in [6.07, 6.45) is 1.77. The van der Waals surface area contributed by atoms with Crippen LogP contribution in [0.1, 0.15) is 26.7 Å². The predicted molar refractivity (Wildman–Crippen MR) is 41.7 cm³/mol. The van der Waals surface area contributed by atoms with E-state index in [4.69, 9.17) is 5.11 Å². The highest BCUT2D eigenvalue weighted by Crippen LogP contribution is 2.07. The summed E-state index contributed by atoms with van der Waals surface area (Å²) in [5.41, 5.74) is 0.172. The van der Waals surface area contributed by atoms with Crippen molar-refractivity contribution >= 4 is 0 Å². The van der Waals surface area contributed by atoms with Crippen molar-refractivity contribution in [1.82, 2.24) is 0 Å². The van der Waals surface area contributed by atoms with E-state index in [1.54, 1.807) is 13.8 Å². The monoisotopic (exact) mass is 159 g/mol. The molecule has 1 atom stereocenters. The summed E-state index contributed by atoms with van der Waals surface area (Å²) in [5, 5.41) is 19.0. The van der Waals surface area contributed by atoms with Crippen LogP contribution in [0.25, 0.3) is 0 Å². The Labute approximate surface area is 65.7 Å². The van der Waals surface area contributed by atoms with Crippen LogP contribution in [0, 0.1) is 10.1 Å². The van der Waals surface area contributed by atoms with E-state index in [1.807, 2.05) is 0 Å². The molecule has 0 bridgehead atoms. The lowest BCUT2D eigenvalue weighted by Crippen LogP contribution is -2.04. The van der Waals surface area contributed by atoms with Gasteiger partial charge in [-0.3, -0.25) is 10.1 Å². The molecule has 0 aliphatic carbocycles. The molecule has 1 N–H and O–H groups in total. The third-order valence-electron chi connectivity index (χ3n) is 1.39. The van der Waals surface area contributed by atoms with Crippen molar-refractivity contribution in [3.05, 3.63) is 21.9 Å². The molecule has 0 fully saturated rings. The maximum atomic E-state index is 10.2. The minimum atomic E-state index is -0.468. The van der Waals surface area contributed by atoms with Gasteiger partial charge in [-0.1, -0.05) is 0 Å². The topological polar surface area (TPSA) is 63.4 Å². The number of nitro groups is 1. The first-order valence-corrected chi connectivity index (χ1v) is 3.55. The van der Waals surface area contributed by atoms with Crippen molar-refractivity contribution < 1.29 is 10.0 Å². The molecule has 1 unspecified atom stereocenters. The zero-order chi connectivity index (χ0) is 8.85. The number of hydrogen-bond donors (Lipinski definition) is 1. The molecule has 0 radical (unpaired) electrons. The van der Waals surface area contributed by atoms with E-state index in [1.165, 1.54) is 6.08 Å². The van der Waals surface area contributed by atoms with Crippen LogP contribution in [0.3, 0.4) is 0 Å². The molecule has 0 amide bonds. The SMILES string of the molecule is C/C=C(/CCC(C)O)[N+](=O)[O-]. The summed E-state index contributed by atoms with van der Waals surface area (Å²) < 4.78 is 0. The summed E-state index contributed by atoms with van der Waals surface area (Å²) >= 11 is 0. The van der Waals surface area contributed by atoms with Crippen molar-refractivity contribution in [1.29, 1.82) is 0 Å². The van der Waals surface area contributed by atoms with Gasteiger partial charge in [0, 0.05) is 6.42 Å². The highest BCUT2D eigenvalue weighted by Gasteiger charge is 2.09. The van der Waals surface area contributed by atoms with E-state index < -0.39 is 11.0 Å². The van der Waals surface area contributed by atoms with Gasteiger partial charge in [0.25, 0.3) is 0 Å². The van der Waals surface area contributed by atoms with Gasteiger partial charge in [0.2, 0.25) is 5.70 Å². The maximum absolute atomic E-state index is 10.2. The van der Waals surface area contributed by atoms with Gasteiger partial charge in [-0.05, 0) is 26.3 Å². The summed E-state index contributed by atoms with van der Waals surface area (Å²) in [5.74, 6) is 0. The normalized spacial score (nSPS) is 14.6. The smallest absolute Gasteiger partial charge is 0.242 e. The second-order valence-electron chi connectivity index (χ2n) is 2.42. The van der Waals surface area contributed by atoms with E-state index >= 15 is 0 Å². The molecule has 0 aromatic carbocycles. The number of allylic oxidation sites excluding steroid dienone is 2. The third kappa shape index (κ3) is 4.50. The first-order chi connectivity index (χ1) is 5.07. The summed E-state index contributed by atoms with van der Waals surface area (Å²) in [7, 11) is 0. The Bertz CT molecular complexity index is 163. The Morgan fingerprint density at radius 2 is 2.36 bits per heavy atom. The number of nitrogens with zero attached hydrogens (tertiary/aromatic N) is 1. The second kappa shape index (κ2) is 4.85. The molecule has 0 aliphatic heterocycles. The van der Waals surface area contributed by atoms with Crippen LogP contribution in [0.4, 0.5) is 0 Å². The molecule has 4 nitrogen and oxygen atoms in total. The molecule has 0 aromatic rings. The zero-order valence-corrected chi connectivity index (χ0v) is 6.78. The van der Waals surface area contributed by atoms with Crippen LogP contribution in [0.5, 0.6) is 0 Å². The van der Waals surface area contributed by atoms with Gasteiger partial charge in [-0.25, -0.2) is 0 Å². The van der Waals surface area contributed by atoms with Gasteiger partial charge in [0.05, 0.1) is 11.0 Å². The minimum Gasteiger partial charge on any atom is -0.393 e. The van der Waals surface area contributed by atoms with Crippen LogP contribution in [-0.4, -0.2) is 16.1 Å². The van der Waals surface area contributed by atoms with Crippen molar-refractivity contribution in [2.45, 2.75) is 32.8 Å². The lowest BCUT2D eigenvalue weighted by Gasteiger charge is -2.00. The Morgan fingerprint density at radius 1 is 1.82 bits per heavy atom. The van der Waals surface area contributed by atoms with Gasteiger partial charge < -0.3 is 5.11 Å². The van der Waals surface area contributed by atoms with Crippen LogP contribution in [-0.2, 0) is 0 Å². The van der Waals surface area contributed by atoms with Gasteiger partial charge in [0.1, 0.15) is 0 Å². The fourth-order valence-electron chi connectivity index (χ4n) is 0.698. The summed E-state index contributed by atoms with van der Waals surface area (Å²) in [6, 6.07) is 0. The molecule has 64 valence electrons. The Kier molecular flexibility index (Phi) is 4.45. The van der Waals surface area contributed by atoms with Crippen molar-refractivity contribution in [3.8, 4) is 0 Å². The molecule has 0 saturated carbocycles. The average Bonchev–Trinajstić information content (AvgIpc) is 1.87. The third-order valence-corrected chi connectivity index (χ3v) is 1.39. The summed E-state index contributed by atoms with van der Waals surface area (Å²) in [6.45, 7) is 3.24. The van der Waals surface area contributed by atoms with E-state index in [-0.39, 0.29) is 5.70 Å². The van der Waals surface area contributed by atoms with Crippen LogP contribution >= 0.6 is 0 Å². The molecule has 0 heterocycles. The fraction of sp³-hybridized carbons (Fsp3) is 0.714. The van der Waals surface area contributed by atoms with Crippen molar-refractivity contribution in [3.63, 3.8) is 0 Å². The maximum Gasteiger partial charge on any atom is 0.242 e. The highest BCUT2D eigenvalue weighted by molar-refractivity contribution is 4.88. The lowest BCUT2D eigenvalue weighted by molar-refractivity contribution is -0.428. The molecule has 0 rings (SSSR count). The molecule has 0 aromatic heterocycles. The molecule has 0 aliphatic rings. The van der Waals surface area contributed by atoms with E-state index in [9.17, 15) is 10.1 Å². The highest BCUT2D eigenvalue weighted by atomic mass is 16.6. The Hall–Kier alpha value is -0.900. The molecule has 0 saturated heterocycles. The largest absolute Gasteiger partial charge is 0.393 e. The number of aliphatic hydroxyl groups is 1.